The number of benzene rings is 6. The quantitative estimate of drug-likeness (QED) is 0.0335. The predicted molar refractivity (Wildman–Crippen MR) is 218 cm³/mol. The summed E-state index contributed by atoms with van der Waals surface area (Å²) in [6, 6.07) is 13.6. The molecule has 0 saturated carbocycles. The summed E-state index contributed by atoms with van der Waals surface area (Å²) >= 11 is 0. The Kier molecular flexibility index (Phi) is 12.8. The van der Waals surface area contributed by atoms with Crippen molar-refractivity contribution in [3.8, 4) is 34.1 Å². The predicted octanol–water partition coefficient (Wildman–Crippen LogP) is 5.69. The van der Waals surface area contributed by atoms with Crippen molar-refractivity contribution in [2.45, 2.75) is 19.6 Å². The van der Waals surface area contributed by atoms with Gasteiger partial charge < -0.3 is 31.2 Å². The third-order valence-electron chi connectivity index (χ3n) is 8.67. The number of fused-ring (bicyclic) bond motifs is 2. The minimum Gasteiger partial charge on any atom is -0.505 e. The van der Waals surface area contributed by atoms with Crippen LogP contribution in [0, 0.1) is 0 Å². The standard InChI is InChI=1S/C34H28N6O16S4.Na/c1-55-25-9-15(3-5-23(25)37-39-31-27(59(49,50)51)11-17-7-19(57(43,44)45)13-21(35)29(17)33(31)41)16-4-6-24(26(10-16)56-2)38-40-32-28(60(52,53)54)12-18-8-20(58(46,47)48)14-22(36)30(18)34(32)42;/h3-14,41-42H,35-36H2,1-2H3,(H,43,44,45)(H,46,47,48)(H,49,50,51)(H,52,53,54);/b39-37+,40-38+;. The number of nitrogens with two attached hydrogens (primary N) is 2. The van der Waals surface area contributed by atoms with E-state index in [-0.39, 0.29) is 85.4 Å². The summed E-state index contributed by atoms with van der Waals surface area (Å²) in [6.07, 6.45) is 0. The summed E-state index contributed by atoms with van der Waals surface area (Å²) in [4.78, 5) is -3.39. The van der Waals surface area contributed by atoms with Crippen LogP contribution < -0.4 is 20.9 Å². The van der Waals surface area contributed by atoms with E-state index in [1.807, 2.05) is 0 Å². The number of rotatable bonds is 11. The molecule has 0 atom stereocenters. The number of phenols is 2. The Balaban J connectivity index is 0.00000704. The summed E-state index contributed by atoms with van der Waals surface area (Å²) in [6.45, 7) is 0. The van der Waals surface area contributed by atoms with Crippen LogP contribution in [-0.4, -0.2) is 106 Å². The Morgan fingerprint density at radius 1 is 0.492 bits per heavy atom. The zero-order valence-corrected chi connectivity index (χ0v) is 36.5. The molecule has 0 aliphatic rings. The van der Waals surface area contributed by atoms with Crippen LogP contribution in [0.5, 0.6) is 23.0 Å². The first-order valence-corrected chi connectivity index (χ1v) is 21.9. The van der Waals surface area contributed by atoms with Crippen molar-refractivity contribution in [2.75, 3.05) is 25.7 Å². The van der Waals surface area contributed by atoms with Gasteiger partial charge in [-0.3, -0.25) is 18.2 Å². The molecule has 10 N–H and O–H groups in total. The van der Waals surface area contributed by atoms with Gasteiger partial charge in [0.2, 0.25) is 0 Å². The van der Waals surface area contributed by atoms with Crippen molar-refractivity contribution in [1.82, 2.24) is 0 Å². The van der Waals surface area contributed by atoms with Crippen LogP contribution in [0.4, 0.5) is 34.1 Å². The minimum atomic E-state index is -5.13. The second-order valence-corrected chi connectivity index (χ2v) is 18.1. The fraction of sp³-hybridized carbons (Fsp3) is 0.0588. The number of nitrogen functional groups attached to an aromatic ring is 2. The molecular weight excluding hydrogens is 900 g/mol. The zero-order chi connectivity index (χ0) is 44.3. The molecule has 22 nitrogen and oxygen atoms in total. The molecule has 0 amide bonds. The van der Waals surface area contributed by atoms with Gasteiger partial charge in [-0.1, -0.05) is 12.1 Å². The van der Waals surface area contributed by atoms with Crippen molar-refractivity contribution < 1.29 is 71.6 Å². The molecule has 6 aromatic carbocycles. The first-order chi connectivity index (χ1) is 27.8. The van der Waals surface area contributed by atoms with Gasteiger partial charge in [0.15, 0.2) is 11.5 Å². The molecule has 0 fully saturated rings. The number of hydrogen-bond acceptors (Lipinski definition) is 18. The Hall–Kier alpha value is -5.52. The largest absolute Gasteiger partial charge is 0.505 e. The maximum atomic E-state index is 12.3. The summed E-state index contributed by atoms with van der Waals surface area (Å²) < 4.78 is 146. The topological polar surface area (TPSA) is 378 Å². The molecule has 0 spiro atoms. The first-order valence-electron chi connectivity index (χ1n) is 16.1. The normalized spacial score (nSPS) is 12.6. The van der Waals surface area contributed by atoms with Crippen LogP contribution in [0.25, 0.3) is 32.7 Å². The molecule has 0 saturated heterocycles. The maximum Gasteiger partial charge on any atom is 0.296 e. The monoisotopic (exact) mass is 927 g/mol. The SMILES string of the molecule is COc1cc(-c2ccc(/N=N/c3c(S(=O)(=O)O)cc4cc(S(=O)(=O)O)cc(N)c4c3O)c(OC)c2)ccc1/N=N/c1c(S(=O)(=O)O)cc2cc(S(=O)(=O)O)cc(N)c2c1O.[Na]. The zero-order valence-electron chi connectivity index (χ0n) is 31.3. The smallest absolute Gasteiger partial charge is 0.296 e. The number of aromatic hydroxyl groups is 2. The second-order valence-electron chi connectivity index (χ2n) is 12.4. The number of hydrogen-bond donors (Lipinski definition) is 8. The molecule has 1 radical (unpaired) electrons. The van der Waals surface area contributed by atoms with Crippen LogP contribution in [0.3, 0.4) is 0 Å². The van der Waals surface area contributed by atoms with Gasteiger partial charge in [-0.05, 0) is 82.6 Å². The Bertz CT molecular complexity index is 3130. The van der Waals surface area contributed by atoms with E-state index < -0.39 is 82.9 Å². The molecule has 27 heteroatoms. The number of azo groups is 2. The van der Waals surface area contributed by atoms with Gasteiger partial charge in [0.05, 0.1) is 24.0 Å². The van der Waals surface area contributed by atoms with Crippen molar-refractivity contribution in [3.63, 3.8) is 0 Å². The molecule has 61 heavy (non-hydrogen) atoms. The van der Waals surface area contributed by atoms with Crippen LogP contribution in [0.1, 0.15) is 0 Å². The Morgan fingerprint density at radius 2 is 0.836 bits per heavy atom. The van der Waals surface area contributed by atoms with Gasteiger partial charge in [-0.2, -0.15) is 33.7 Å². The number of methoxy groups -OCH3 is 2. The van der Waals surface area contributed by atoms with Crippen LogP contribution in [0.15, 0.2) is 113 Å². The molecule has 6 aromatic rings. The molecular formula is C34H28N6NaO16S4. The third-order valence-corrected chi connectivity index (χ3v) is 12.1. The molecule has 0 unspecified atom stereocenters. The average molecular weight is 928 g/mol. The van der Waals surface area contributed by atoms with Crippen LogP contribution in [0.2, 0.25) is 0 Å². The average Bonchev–Trinajstić information content (AvgIpc) is 3.14. The second kappa shape index (κ2) is 16.7. The van der Waals surface area contributed by atoms with Crippen molar-refractivity contribution in [1.29, 1.82) is 0 Å². The number of ether oxygens (including phenoxy) is 2. The van der Waals surface area contributed by atoms with Gasteiger partial charge in [0, 0.05) is 51.7 Å². The van der Waals surface area contributed by atoms with E-state index in [1.165, 1.54) is 50.6 Å². The van der Waals surface area contributed by atoms with E-state index in [9.17, 15) is 62.1 Å². The Labute approximate surface area is 367 Å². The first kappa shape index (κ1) is 46.5. The number of anilines is 2. The van der Waals surface area contributed by atoms with Crippen molar-refractivity contribution in [2.24, 2.45) is 20.5 Å². The molecule has 6 rings (SSSR count). The van der Waals surface area contributed by atoms with E-state index in [4.69, 9.17) is 20.9 Å². The number of nitrogens with zero attached hydrogens (tertiary/aromatic N) is 4. The van der Waals surface area contributed by atoms with E-state index in [0.29, 0.717) is 11.1 Å². The number of phenolic OH excluding ortho intramolecular Hbond substituents is 2. The van der Waals surface area contributed by atoms with E-state index >= 15 is 0 Å². The fourth-order valence-electron chi connectivity index (χ4n) is 5.95. The van der Waals surface area contributed by atoms with Crippen LogP contribution in [-0.2, 0) is 40.5 Å². The molecule has 0 aromatic heterocycles. The van der Waals surface area contributed by atoms with Gasteiger partial charge in [-0.25, -0.2) is 0 Å². The summed E-state index contributed by atoms with van der Waals surface area (Å²) in [5.74, 6) is -1.69. The third kappa shape index (κ3) is 9.38. The molecule has 0 aliphatic heterocycles. The van der Waals surface area contributed by atoms with E-state index in [0.717, 1.165) is 36.4 Å². The maximum absolute atomic E-state index is 12.3. The van der Waals surface area contributed by atoms with Gasteiger partial charge in [0.1, 0.15) is 44.0 Å². The van der Waals surface area contributed by atoms with Gasteiger partial charge >= 0.3 is 0 Å². The molecule has 0 bridgehead atoms. The summed E-state index contributed by atoms with van der Waals surface area (Å²) in [5, 5.41) is 36.6. The fourth-order valence-corrected chi connectivity index (χ4v) is 8.37. The molecule has 315 valence electrons. The van der Waals surface area contributed by atoms with Gasteiger partial charge in [0.25, 0.3) is 40.5 Å². The van der Waals surface area contributed by atoms with Gasteiger partial charge in [-0.15, -0.1) is 20.5 Å². The van der Waals surface area contributed by atoms with E-state index in [1.54, 1.807) is 0 Å². The molecule has 0 aliphatic carbocycles. The van der Waals surface area contributed by atoms with Crippen LogP contribution >= 0.6 is 0 Å². The minimum absolute atomic E-state index is 0. The van der Waals surface area contributed by atoms with Crippen molar-refractivity contribution >= 4 is 126 Å². The summed E-state index contributed by atoms with van der Waals surface area (Å²) in [7, 11) is -17.3. The van der Waals surface area contributed by atoms with Crippen molar-refractivity contribution in [3.05, 3.63) is 72.8 Å². The molecule has 0 heterocycles. The summed E-state index contributed by atoms with van der Waals surface area (Å²) in [5.41, 5.74) is 10.4. The van der Waals surface area contributed by atoms with E-state index in [2.05, 4.69) is 20.5 Å². The Morgan fingerprint density at radius 3 is 1.13 bits per heavy atom.